The van der Waals surface area contributed by atoms with Gasteiger partial charge >= 0.3 is 5.97 Å². The number of nitriles is 1. The van der Waals surface area contributed by atoms with E-state index >= 15 is 0 Å². The van der Waals surface area contributed by atoms with E-state index in [0.29, 0.717) is 23.5 Å². The summed E-state index contributed by atoms with van der Waals surface area (Å²) in [5, 5.41) is 18.4. The van der Waals surface area contributed by atoms with E-state index in [0.717, 1.165) is 10.0 Å². The topological polar surface area (TPSA) is 96.1 Å². The first-order chi connectivity index (χ1) is 12.6. The summed E-state index contributed by atoms with van der Waals surface area (Å²) < 4.78 is 6.69. The highest BCUT2D eigenvalue weighted by Crippen LogP contribution is 2.25. The first-order valence-electron chi connectivity index (χ1n) is 7.55. The molecule has 0 amide bonds. The fourth-order valence-corrected chi connectivity index (χ4v) is 2.73. The van der Waals surface area contributed by atoms with Gasteiger partial charge in [-0.1, -0.05) is 28.1 Å². The molecule has 6 nitrogen and oxygen atoms in total. The number of aromatic carboxylic acids is 1. The molecular weight excluding hydrogens is 398 g/mol. The minimum Gasteiger partial charge on any atom is -0.488 e. The molecule has 3 rings (SSSR count). The average Bonchev–Trinajstić information content (AvgIpc) is 2.66. The van der Waals surface area contributed by atoms with Gasteiger partial charge in [0.15, 0.2) is 11.5 Å². The van der Waals surface area contributed by atoms with Crippen LogP contribution in [0.25, 0.3) is 11.4 Å². The fourth-order valence-electron chi connectivity index (χ4n) is 2.29. The first-order valence-corrected chi connectivity index (χ1v) is 8.34. The van der Waals surface area contributed by atoms with E-state index in [9.17, 15) is 10.1 Å². The van der Waals surface area contributed by atoms with Crippen LogP contribution in [-0.4, -0.2) is 21.0 Å². The third-order valence-corrected chi connectivity index (χ3v) is 4.01. The second-order valence-corrected chi connectivity index (χ2v) is 6.23. The Morgan fingerprint density at radius 1 is 1.23 bits per heavy atom. The molecule has 26 heavy (non-hydrogen) atoms. The Hall–Kier alpha value is -3.24. The summed E-state index contributed by atoms with van der Waals surface area (Å²) in [7, 11) is 0. The Balaban J connectivity index is 1.85. The van der Waals surface area contributed by atoms with Gasteiger partial charge in [0.2, 0.25) is 0 Å². The zero-order chi connectivity index (χ0) is 18.5. The number of halogens is 1. The van der Waals surface area contributed by atoms with Crippen LogP contribution in [-0.2, 0) is 6.61 Å². The van der Waals surface area contributed by atoms with E-state index in [1.807, 2.05) is 24.3 Å². The molecule has 2 aromatic carbocycles. The van der Waals surface area contributed by atoms with E-state index in [2.05, 4.69) is 32.0 Å². The number of nitrogens with zero attached hydrogens (tertiary/aromatic N) is 3. The Morgan fingerprint density at radius 2 is 2.08 bits per heavy atom. The molecule has 0 spiro atoms. The molecule has 0 saturated heterocycles. The number of carboxylic acid groups (broad SMARTS) is 1. The summed E-state index contributed by atoms with van der Waals surface area (Å²) in [6, 6.07) is 16.0. The quantitative estimate of drug-likeness (QED) is 0.682. The number of carboxylic acids is 1. The molecule has 1 aromatic heterocycles. The smallest absolute Gasteiger partial charge is 0.354 e. The summed E-state index contributed by atoms with van der Waals surface area (Å²) in [5.74, 6) is -0.464. The van der Waals surface area contributed by atoms with Gasteiger partial charge < -0.3 is 9.84 Å². The van der Waals surface area contributed by atoms with Gasteiger partial charge in [-0.15, -0.1) is 0 Å². The summed E-state index contributed by atoms with van der Waals surface area (Å²) in [4.78, 5) is 19.1. The van der Waals surface area contributed by atoms with Crippen molar-refractivity contribution in [2.75, 3.05) is 0 Å². The lowest BCUT2D eigenvalue weighted by molar-refractivity contribution is 0.0690. The maximum Gasteiger partial charge on any atom is 0.354 e. The van der Waals surface area contributed by atoms with E-state index in [-0.39, 0.29) is 11.5 Å². The molecule has 7 heteroatoms. The van der Waals surface area contributed by atoms with Crippen LogP contribution in [0, 0.1) is 11.3 Å². The van der Waals surface area contributed by atoms with Gasteiger partial charge in [0, 0.05) is 16.2 Å². The van der Waals surface area contributed by atoms with Crippen molar-refractivity contribution in [3.8, 4) is 23.2 Å². The molecule has 0 saturated carbocycles. The predicted octanol–water partition coefficient (Wildman–Crippen LogP) is 4.05. The molecule has 0 bridgehead atoms. The van der Waals surface area contributed by atoms with Crippen LogP contribution in [0.3, 0.4) is 0 Å². The van der Waals surface area contributed by atoms with Crippen molar-refractivity contribution >= 4 is 21.9 Å². The Labute approximate surface area is 157 Å². The first kappa shape index (κ1) is 17.6. The predicted molar refractivity (Wildman–Crippen MR) is 97.6 cm³/mol. The van der Waals surface area contributed by atoms with Gasteiger partial charge in [0.05, 0.1) is 5.56 Å². The summed E-state index contributed by atoms with van der Waals surface area (Å²) in [5.41, 5.74) is 1.72. The SMILES string of the molecule is N#Cc1cc(-c2nccc(C(=O)O)n2)ccc1OCc1cccc(Br)c1. The van der Waals surface area contributed by atoms with Crippen molar-refractivity contribution in [3.05, 3.63) is 76.0 Å². The lowest BCUT2D eigenvalue weighted by Gasteiger charge is -2.10. The molecule has 0 aliphatic rings. The van der Waals surface area contributed by atoms with Gasteiger partial charge in [-0.2, -0.15) is 5.26 Å². The molecule has 0 aliphatic heterocycles. The Morgan fingerprint density at radius 3 is 2.81 bits per heavy atom. The molecule has 3 aromatic rings. The van der Waals surface area contributed by atoms with Crippen molar-refractivity contribution < 1.29 is 14.6 Å². The number of carbonyl (C=O) groups is 1. The van der Waals surface area contributed by atoms with Crippen LogP contribution >= 0.6 is 15.9 Å². The maximum absolute atomic E-state index is 11.0. The average molecular weight is 410 g/mol. The van der Waals surface area contributed by atoms with E-state index in [1.165, 1.54) is 12.3 Å². The lowest BCUT2D eigenvalue weighted by atomic mass is 10.1. The molecule has 0 unspecified atom stereocenters. The van der Waals surface area contributed by atoms with Crippen molar-refractivity contribution in [1.82, 2.24) is 9.97 Å². The Bertz CT molecular complexity index is 1010. The minimum absolute atomic E-state index is 0.108. The second-order valence-electron chi connectivity index (χ2n) is 5.31. The van der Waals surface area contributed by atoms with Crippen LogP contribution < -0.4 is 4.74 Å². The number of benzene rings is 2. The lowest BCUT2D eigenvalue weighted by Crippen LogP contribution is -2.02. The van der Waals surface area contributed by atoms with Crippen LogP contribution in [0.15, 0.2) is 59.2 Å². The number of ether oxygens (including phenoxy) is 1. The van der Waals surface area contributed by atoms with Crippen molar-refractivity contribution in [3.63, 3.8) is 0 Å². The Kier molecular flexibility index (Phi) is 5.25. The van der Waals surface area contributed by atoms with Gasteiger partial charge in [0.1, 0.15) is 18.4 Å². The minimum atomic E-state index is -1.14. The van der Waals surface area contributed by atoms with Crippen molar-refractivity contribution in [2.24, 2.45) is 0 Å². The molecule has 1 heterocycles. The fraction of sp³-hybridized carbons (Fsp3) is 0.0526. The summed E-state index contributed by atoms with van der Waals surface area (Å²) in [6.45, 7) is 0.318. The highest BCUT2D eigenvalue weighted by molar-refractivity contribution is 9.10. The zero-order valence-electron chi connectivity index (χ0n) is 13.4. The summed E-state index contributed by atoms with van der Waals surface area (Å²) >= 11 is 3.40. The van der Waals surface area contributed by atoms with Gasteiger partial charge in [0.25, 0.3) is 0 Å². The largest absolute Gasteiger partial charge is 0.488 e. The maximum atomic E-state index is 11.0. The second kappa shape index (κ2) is 7.76. The van der Waals surface area contributed by atoms with Crippen molar-refractivity contribution in [2.45, 2.75) is 6.61 Å². The molecular formula is C19H12BrN3O3. The number of hydrogen-bond donors (Lipinski definition) is 1. The molecule has 1 N–H and O–H groups in total. The summed E-state index contributed by atoms with van der Waals surface area (Å²) in [6.07, 6.45) is 1.37. The molecule has 0 fully saturated rings. The molecule has 0 aliphatic carbocycles. The third-order valence-electron chi connectivity index (χ3n) is 3.52. The highest BCUT2D eigenvalue weighted by atomic mass is 79.9. The number of rotatable bonds is 5. The monoisotopic (exact) mass is 409 g/mol. The van der Waals surface area contributed by atoms with Crippen LogP contribution in [0.4, 0.5) is 0 Å². The standard InChI is InChI=1S/C19H12BrN3O3/c20-15-3-1-2-12(8-15)11-26-17-5-4-13(9-14(17)10-21)18-22-7-6-16(23-18)19(24)25/h1-9H,11H2,(H,24,25). The third kappa shape index (κ3) is 4.05. The van der Waals surface area contributed by atoms with Crippen LogP contribution in [0.5, 0.6) is 5.75 Å². The zero-order valence-corrected chi connectivity index (χ0v) is 15.0. The van der Waals surface area contributed by atoms with Crippen LogP contribution in [0.1, 0.15) is 21.6 Å². The molecule has 0 radical (unpaired) electrons. The van der Waals surface area contributed by atoms with Gasteiger partial charge in [-0.25, -0.2) is 14.8 Å². The number of aromatic nitrogens is 2. The highest BCUT2D eigenvalue weighted by Gasteiger charge is 2.11. The molecule has 0 atom stereocenters. The van der Waals surface area contributed by atoms with Crippen LogP contribution in [0.2, 0.25) is 0 Å². The van der Waals surface area contributed by atoms with E-state index in [4.69, 9.17) is 9.84 Å². The van der Waals surface area contributed by atoms with Gasteiger partial charge in [-0.3, -0.25) is 0 Å². The van der Waals surface area contributed by atoms with Gasteiger partial charge in [-0.05, 0) is 42.0 Å². The number of hydrogen-bond acceptors (Lipinski definition) is 5. The van der Waals surface area contributed by atoms with Crippen molar-refractivity contribution in [1.29, 1.82) is 5.26 Å². The molecule has 128 valence electrons. The van der Waals surface area contributed by atoms with E-state index in [1.54, 1.807) is 18.2 Å². The normalized spacial score (nSPS) is 10.2. The van der Waals surface area contributed by atoms with E-state index < -0.39 is 5.97 Å².